The highest BCUT2D eigenvalue weighted by molar-refractivity contribution is 7.89. The Morgan fingerprint density at radius 3 is 2.30 bits per heavy atom. The number of sulfonamides is 1. The summed E-state index contributed by atoms with van der Waals surface area (Å²) >= 11 is 0. The molecule has 0 saturated carbocycles. The summed E-state index contributed by atoms with van der Waals surface area (Å²) in [5, 5.41) is 0. The minimum absolute atomic E-state index is 0.129. The van der Waals surface area contributed by atoms with Gasteiger partial charge in [-0.2, -0.15) is 4.31 Å². The monoisotopic (exact) mass is 392 g/mol. The lowest BCUT2D eigenvalue weighted by Gasteiger charge is -2.26. The number of carbonyl (C=O) groups is 2. The number of aromatic nitrogens is 1. The summed E-state index contributed by atoms with van der Waals surface area (Å²) in [5.74, 6) is -0.954. The molecule has 1 unspecified atom stereocenters. The first-order valence-corrected chi connectivity index (χ1v) is 9.99. The molecule has 2 aromatic rings. The van der Waals surface area contributed by atoms with Gasteiger partial charge in [-0.3, -0.25) is 4.79 Å². The zero-order valence-electron chi connectivity index (χ0n) is 16.1. The molecular weight excluding hydrogens is 368 g/mol. The van der Waals surface area contributed by atoms with Gasteiger partial charge >= 0.3 is 5.97 Å². The first-order chi connectivity index (χ1) is 12.7. The summed E-state index contributed by atoms with van der Waals surface area (Å²) in [7, 11) is -2.58. The molecule has 0 aliphatic carbocycles. The maximum atomic E-state index is 13.1. The van der Waals surface area contributed by atoms with Gasteiger partial charge in [0.2, 0.25) is 10.0 Å². The summed E-state index contributed by atoms with van der Waals surface area (Å²) in [4.78, 5) is 28.0. The van der Waals surface area contributed by atoms with Gasteiger partial charge in [-0.1, -0.05) is 25.1 Å². The number of likely N-dealkylation sites (N-methyl/N-ethyl adjacent to an activating group) is 1. The molecular formula is C19H24N2O5S. The third kappa shape index (κ3) is 3.81. The second-order valence-corrected chi connectivity index (χ2v) is 8.07. The summed E-state index contributed by atoms with van der Waals surface area (Å²) in [5.41, 5.74) is 1.45. The van der Waals surface area contributed by atoms with Gasteiger partial charge in [0.05, 0.1) is 18.0 Å². The van der Waals surface area contributed by atoms with E-state index in [1.54, 1.807) is 45.9 Å². The van der Waals surface area contributed by atoms with Crippen LogP contribution in [0, 0.1) is 13.8 Å². The number of aryl methyl sites for hydroxylation is 1. The number of H-pyrrole nitrogens is 1. The Bertz CT molecular complexity index is 948. The van der Waals surface area contributed by atoms with Gasteiger partial charge in [-0.15, -0.1) is 0 Å². The quantitative estimate of drug-likeness (QED) is 0.577. The normalized spacial score (nSPS) is 12.8. The van der Waals surface area contributed by atoms with Crippen LogP contribution in [-0.4, -0.2) is 49.2 Å². The number of ketones is 1. The van der Waals surface area contributed by atoms with Crippen LogP contribution in [0.2, 0.25) is 0 Å². The zero-order chi connectivity index (χ0) is 20.4. The Labute approximate surface area is 159 Å². The number of hydrogen-bond acceptors (Lipinski definition) is 5. The van der Waals surface area contributed by atoms with Crippen molar-refractivity contribution in [2.45, 2.75) is 38.6 Å². The molecule has 8 heteroatoms. The van der Waals surface area contributed by atoms with Crippen molar-refractivity contribution in [1.82, 2.24) is 9.29 Å². The minimum Gasteiger partial charge on any atom is -0.464 e. The van der Waals surface area contributed by atoms with Crippen LogP contribution in [0.1, 0.15) is 46.0 Å². The number of benzene rings is 1. The number of hydrogen-bond donors (Lipinski definition) is 1. The van der Waals surface area contributed by atoms with Crippen LogP contribution in [0.4, 0.5) is 0 Å². The second kappa shape index (κ2) is 8.06. The van der Waals surface area contributed by atoms with Crippen LogP contribution in [0.25, 0.3) is 0 Å². The standard InChI is InChI=1S/C19H24N2O5S/c1-6-21(27(24,25)15-10-8-7-9-11-15)14(4)18(22)16-12(2)17(19(23)26-5)20-13(16)3/h7-11,14,20H,6H2,1-5H3. The molecule has 0 spiro atoms. The van der Waals surface area contributed by atoms with E-state index >= 15 is 0 Å². The molecule has 1 aromatic carbocycles. The Kier molecular flexibility index (Phi) is 6.22. The highest BCUT2D eigenvalue weighted by Crippen LogP contribution is 2.24. The molecule has 0 saturated heterocycles. The SMILES string of the molecule is CCN(C(C)C(=O)c1c(C)[nH]c(C(=O)OC)c1C)S(=O)(=O)c1ccccc1. The molecule has 0 amide bonds. The molecule has 1 aromatic heterocycles. The Balaban J connectivity index is 2.44. The van der Waals surface area contributed by atoms with Gasteiger partial charge in [0.25, 0.3) is 0 Å². The zero-order valence-corrected chi connectivity index (χ0v) is 16.9. The van der Waals surface area contributed by atoms with E-state index < -0.39 is 22.0 Å². The van der Waals surface area contributed by atoms with Crippen molar-refractivity contribution in [3.05, 3.63) is 52.8 Å². The maximum absolute atomic E-state index is 13.1. The van der Waals surface area contributed by atoms with Gasteiger partial charge in [0.1, 0.15) is 5.69 Å². The lowest BCUT2D eigenvalue weighted by atomic mass is 10.0. The molecule has 1 N–H and O–H groups in total. The Hall–Kier alpha value is -2.45. The van der Waals surface area contributed by atoms with Crippen LogP contribution in [0.5, 0.6) is 0 Å². The number of rotatable bonds is 7. The molecule has 0 radical (unpaired) electrons. The number of ether oxygens (including phenoxy) is 1. The van der Waals surface area contributed by atoms with Gasteiger partial charge in [-0.05, 0) is 38.5 Å². The third-order valence-electron chi connectivity index (χ3n) is 4.55. The number of methoxy groups -OCH3 is 1. The predicted octanol–water partition coefficient (Wildman–Crippen LogP) is 2.70. The van der Waals surface area contributed by atoms with Crippen LogP contribution in [0.15, 0.2) is 35.2 Å². The molecule has 0 bridgehead atoms. The predicted molar refractivity (Wildman–Crippen MR) is 101 cm³/mol. The van der Waals surface area contributed by atoms with E-state index in [0.717, 1.165) is 4.31 Å². The number of Topliss-reactive ketones (excluding diaryl/α,β-unsaturated/α-hetero) is 1. The molecule has 0 aliphatic rings. The van der Waals surface area contributed by atoms with Crippen molar-refractivity contribution in [1.29, 1.82) is 0 Å². The van der Waals surface area contributed by atoms with E-state index in [9.17, 15) is 18.0 Å². The van der Waals surface area contributed by atoms with Gasteiger partial charge in [0.15, 0.2) is 5.78 Å². The summed E-state index contributed by atoms with van der Waals surface area (Å²) < 4.78 is 31.8. The average Bonchev–Trinajstić information content (AvgIpc) is 2.95. The van der Waals surface area contributed by atoms with Gasteiger partial charge in [-0.25, -0.2) is 13.2 Å². The highest BCUT2D eigenvalue weighted by Gasteiger charge is 2.34. The molecule has 146 valence electrons. The fourth-order valence-electron chi connectivity index (χ4n) is 3.15. The van der Waals surface area contributed by atoms with E-state index in [1.807, 2.05) is 0 Å². The van der Waals surface area contributed by atoms with E-state index in [2.05, 4.69) is 4.98 Å². The number of nitrogens with one attached hydrogen (secondary N) is 1. The van der Waals surface area contributed by atoms with Crippen molar-refractivity contribution in [3.8, 4) is 0 Å². The third-order valence-corrected chi connectivity index (χ3v) is 6.61. The molecule has 2 rings (SSSR count). The summed E-state index contributed by atoms with van der Waals surface area (Å²) in [6.07, 6.45) is 0. The fourth-order valence-corrected chi connectivity index (χ4v) is 4.77. The number of aromatic amines is 1. The van der Waals surface area contributed by atoms with Crippen molar-refractivity contribution >= 4 is 21.8 Å². The van der Waals surface area contributed by atoms with Crippen LogP contribution >= 0.6 is 0 Å². The number of esters is 1. The van der Waals surface area contributed by atoms with Crippen LogP contribution < -0.4 is 0 Å². The first-order valence-electron chi connectivity index (χ1n) is 8.55. The van der Waals surface area contributed by atoms with Crippen molar-refractivity contribution < 1.29 is 22.7 Å². The first kappa shape index (κ1) is 20.9. The maximum Gasteiger partial charge on any atom is 0.354 e. The van der Waals surface area contributed by atoms with Crippen LogP contribution in [-0.2, 0) is 14.8 Å². The molecule has 0 aliphatic heterocycles. The Morgan fingerprint density at radius 1 is 1.19 bits per heavy atom. The molecule has 27 heavy (non-hydrogen) atoms. The van der Waals surface area contributed by atoms with E-state index in [-0.39, 0.29) is 22.9 Å². The summed E-state index contributed by atoms with van der Waals surface area (Å²) in [6, 6.07) is 7.06. The van der Waals surface area contributed by atoms with E-state index in [1.165, 1.54) is 19.2 Å². The topological polar surface area (TPSA) is 96.5 Å². The largest absolute Gasteiger partial charge is 0.464 e. The van der Waals surface area contributed by atoms with Gasteiger partial charge < -0.3 is 9.72 Å². The molecule has 7 nitrogen and oxygen atoms in total. The number of carbonyl (C=O) groups excluding carboxylic acids is 2. The smallest absolute Gasteiger partial charge is 0.354 e. The van der Waals surface area contributed by atoms with E-state index in [0.29, 0.717) is 16.8 Å². The fraction of sp³-hybridized carbons (Fsp3) is 0.368. The van der Waals surface area contributed by atoms with Crippen LogP contribution in [0.3, 0.4) is 0 Å². The molecule has 1 atom stereocenters. The van der Waals surface area contributed by atoms with Crippen molar-refractivity contribution in [2.24, 2.45) is 0 Å². The summed E-state index contributed by atoms with van der Waals surface area (Å²) in [6.45, 7) is 6.67. The average molecular weight is 392 g/mol. The van der Waals surface area contributed by atoms with E-state index in [4.69, 9.17) is 4.74 Å². The Morgan fingerprint density at radius 2 is 1.78 bits per heavy atom. The van der Waals surface area contributed by atoms with Gasteiger partial charge in [0, 0.05) is 17.8 Å². The molecule has 0 fully saturated rings. The van der Waals surface area contributed by atoms with Crippen molar-refractivity contribution in [3.63, 3.8) is 0 Å². The lowest BCUT2D eigenvalue weighted by molar-refractivity contribution is 0.0594. The molecule has 1 heterocycles. The highest BCUT2D eigenvalue weighted by atomic mass is 32.2. The lowest BCUT2D eigenvalue weighted by Crippen LogP contribution is -2.43. The van der Waals surface area contributed by atoms with Crippen molar-refractivity contribution in [2.75, 3.05) is 13.7 Å². The number of nitrogens with zero attached hydrogens (tertiary/aromatic N) is 1. The minimum atomic E-state index is -3.83. The second-order valence-electron chi connectivity index (χ2n) is 6.18.